The molecule has 3 N–H and O–H groups in total. The Labute approximate surface area is 141 Å². The molecule has 0 bridgehead atoms. The van der Waals surface area contributed by atoms with Crippen LogP contribution in [0.1, 0.15) is 40.6 Å². The first-order valence-electron chi connectivity index (χ1n) is 8.28. The van der Waals surface area contributed by atoms with Gasteiger partial charge in [-0.15, -0.1) is 0 Å². The number of aromatic nitrogens is 1. The lowest BCUT2D eigenvalue weighted by Gasteiger charge is -2.18. The monoisotopic (exact) mass is 329 g/mol. The van der Waals surface area contributed by atoms with Crippen LogP contribution in [0.25, 0.3) is 0 Å². The van der Waals surface area contributed by atoms with Gasteiger partial charge >= 0.3 is 6.03 Å². The predicted octanol–water partition coefficient (Wildman–Crippen LogP) is 2.18. The highest BCUT2D eigenvalue weighted by Gasteiger charge is 2.31. The number of benzene rings is 1. The van der Waals surface area contributed by atoms with Crippen LogP contribution in [0.2, 0.25) is 0 Å². The van der Waals surface area contributed by atoms with Crippen molar-refractivity contribution >= 4 is 6.03 Å². The molecule has 0 spiro atoms. The maximum absolute atomic E-state index is 12.1. The van der Waals surface area contributed by atoms with Crippen molar-refractivity contribution in [3.8, 4) is 0 Å². The highest BCUT2D eigenvalue weighted by molar-refractivity contribution is 5.74. The number of hydrogen-bond acceptors (Lipinski definition) is 4. The molecule has 6 nitrogen and oxygen atoms in total. The lowest BCUT2D eigenvalue weighted by atomic mass is 10.1. The second-order valence-corrected chi connectivity index (χ2v) is 6.25. The molecule has 1 aliphatic rings. The van der Waals surface area contributed by atoms with E-state index in [2.05, 4.69) is 15.8 Å². The molecular formula is C18H23N3O3. The SMILES string of the molecule is Cc1noc(C)c1CCCNC(=O)NC1c2ccccc2CC1O. The molecule has 0 saturated carbocycles. The minimum absolute atomic E-state index is 0.255. The molecule has 1 aliphatic carbocycles. The zero-order chi connectivity index (χ0) is 17.1. The van der Waals surface area contributed by atoms with Crippen LogP contribution >= 0.6 is 0 Å². The Morgan fingerprint density at radius 3 is 2.92 bits per heavy atom. The maximum Gasteiger partial charge on any atom is 0.315 e. The van der Waals surface area contributed by atoms with Gasteiger partial charge in [-0.25, -0.2) is 4.79 Å². The molecule has 2 aromatic rings. The van der Waals surface area contributed by atoms with Crippen molar-refractivity contribution in [3.63, 3.8) is 0 Å². The number of amides is 2. The second kappa shape index (κ2) is 7.05. The first-order valence-corrected chi connectivity index (χ1v) is 8.28. The molecule has 0 radical (unpaired) electrons. The lowest BCUT2D eigenvalue weighted by molar-refractivity contribution is 0.142. The van der Waals surface area contributed by atoms with Gasteiger partial charge in [0.2, 0.25) is 0 Å². The van der Waals surface area contributed by atoms with Crippen LogP contribution in [0, 0.1) is 13.8 Å². The third-order valence-corrected chi connectivity index (χ3v) is 4.56. The van der Waals surface area contributed by atoms with Gasteiger partial charge in [-0.2, -0.15) is 0 Å². The van der Waals surface area contributed by atoms with Gasteiger partial charge < -0.3 is 20.3 Å². The van der Waals surface area contributed by atoms with Crippen molar-refractivity contribution < 1.29 is 14.4 Å². The van der Waals surface area contributed by atoms with Gasteiger partial charge in [0.05, 0.1) is 17.8 Å². The molecular weight excluding hydrogens is 306 g/mol. The number of nitrogens with zero attached hydrogens (tertiary/aromatic N) is 1. The summed E-state index contributed by atoms with van der Waals surface area (Å²) in [6.45, 7) is 4.37. The summed E-state index contributed by atoms with van der Waals surface area (Å²) in [7, 11) is 0. The fourth-order valence-corrected chi connectivity index (χ4v) is 3.27. The Hall–Kier alpha value is -2.34. The van der Waals surface area contributed by atoms with Gasteiger partial charge in [0.25, 0.3) is 0 Å². The Kier molecular flexibility index (Phi) is 4.85. The minimum Gasteiger partial charge on any atom is -0.390 e. The van der Waals surface area contributed by atoms with E-state index in [-0.39, 0.29) is 12.1 Å². The summed E-state index contributed by atoms with van der Waals surface area (Å²) >= 11 is 0. The van der Waals surface area contributed by atoms with Crippen molar-refractivity contribution in [3.05, 3.63) is 52.4 Å². The van der Waals surface area contributed by atoms with E-state index in [1.165, 1.54) is 0 Å². The van der Waals surface area contributed by atoms with Crippen molar-refractivity contribution in [1.82, 2.24) is 15.8 Å². The Morgan fingerprint density at radius 2 is 2.17 bits per heavy atom. The number of aliphatic hydroxyl groups is 1. The molecule has 2 amide bonds. The van der Waals surface area contributed by atoms with Crippen LogP contribution in [0.3, 0.4) is 0 Å². The minimum atomic E-state index is -0.574. The van der Waals surface area contributed by atoms with Crippen LogP contribution in [-0.2, 0) is 12.8 Å². The molecule has 1 aromatic heterocycles. The van der Waals surface area contributed by atoms with Gasteiger partial charge in [0.1, 0.15) is 5.76 Å². The summed E-state index contributed by atoms with van der Waals surface area (Å²) in [4.78, 5) is 12.1. The highest BCUT2D eigenvalue weighted by atomic mass is 16.5. The van der Waals surface area contributed by atoms with Crippen LogP contribution in [-0.4, -0.2) is 28.9 Å². The number of urea groups is 1. The predicted molar refractivity (Wildman–Crippen MR) is 89.7 cm³/mol. The highest BCUT2D eigenvalue weighted by Crippen LogP contribution is 2.30. The molecule has 2 unspecified atom stereocenters. The maximum atomic E-state index is 12.1. The number of rotatable bonds is 5. The summed E-state index contributed by atoms with van der Waals surface area (Å²) in [5.41, 5.74) is 4.10. The lowest BCUT2D eigenvalue weighted by Crippen LogP contribution is -2.41. The van der Waals surface area contributed by atoms with E-state index in [0.29, 0.717) is 13.0 Å². The largest absolute Gasteiger partial charge is 0.390 e. The molecule has 1 heterocycles. The van der Waals surface area contributed by atoms with Gasteiger partial charge in [0.15, 0.2) is 0 Å². The average Bonchev–Trinajstić information content (AvgIpc) is 3.05. The van der Waals surface area contributed by atoms with E-state index in [1.807, 2.05) is 38.1 Å². The van der Waals surface area contributed by atoms with E-state index in [0.717, 1.165) is 41.0 Å². The molecule has 128 valence electrons. The van der Waals surface area contributed by atoms with Crippen LogP contribution in [0.15, 0.2) is 28.8 Å². The van der Waals surface area contributed by atoms with E-state index in [9.17, 15) is 9.90 Å². The molecule has 0 saturated heterocycles. The number of aryl methyl sites for hydroxylation is 2. The first kappa shape index (κ1) is 16.5. The van der Waals surface area contributed by atoms with E-state index in [4.69, 9.17) is 4.52 Å². The Balaban J connectivity index is 1.47. The van der Waals surface area contributed by atoms with Crippen molar-refractivity contribution in [2.24, 2.45) is 0 Å². The number of carbonyl (C=O) groups excluding carboxylic acids is 1. The first-order chi connectivity index (χ1) is 11.6. The van der Waals surface area contributed by atoms with Crippen LogP contribution in [0.5, 0.6) is 0 Å². The van der Waals surface area contributed by atoms with Crippen LogP contribution in [0.4, 0.5) is 4.79 Å². The number of fused-ring (bicyclic) bond motifs is 1. The fraction of sp³-hybridized carbons (Fsp3) is 0.444. The summed E-state index contributed by atoms with van der Waals surface area (Å²) in [5, 5.41) is 19.8. The molecule has 6 heteroatoms. The third kappa shape index (κ3) is 3.43. The fourth-order valence-electron chi connectivity index (χ4n) is 3.27. The Bertz CT molecular complexity index is 707. The Morgan fingerprint density at radius 1 is 1.38 bits per heavy atom. The number of carbonyl (C=O) groups is 1. The van der Waals surface area contributed by atoms with E-state index < -0.39 is 6.10 Å². The van der Waals surface area contributed by atoms with Crippen molar-refractivity contribution in [2.75, 3.05) is 6.54 Å². The van der Waals surface area contributed by atoms with Gasteiger partial charge in [0, 0.05) is 18.5 Å². The topological polar surface area (TPSA) is 87.4 Å². The molecule has 3 rings (SSSR count). The smallest absolute Gasteiger partial charge is 0.315 e. The quantitative estimate of drug-likeness (QED) is 0.734. The van der Waals surface area contributed by atoms with E-state index in [1.54, 1.807) is 0 Å². The van der Waals surface area contributed by atoms with Gasteiger partial charge in [-0.1, -0.05) is 29.4 Å². The standard InChI is InChI=1S/C18H23N3O3/c1-11-14(12(2)24-21-11)8-5-9-19-18(23)20-17-15-7-4-3-6-13(15)10-16(17)22/h3-4,6-7,16-17,22H,5,8-10H2,1-2H3,(H2,19,20,23). The van der Waals surface area contributed by atoms with Crippen molar-refractivity contribution in [2.45, 2.75) is 45.3 Å². The zero-order valence-electron chi connectivity index (χ0n) is 14.0. The normalized spacial score (nSPS) is 19.1. The molecule has 24 heavy (non-hydrogen) atoms. The molecule has 0 fully saturated rings. The second-order valence-electron chi connectivity index (χ2n) is 6.25. The number of nitrogens with one attached hydrogen (secondary N) is 2. The molecule has 2 atom stereocenters. The third-order valence-electron chi connectivity index (χ3n) is 4.56. The average molecular weight is 329 g/mol. The molecule has 0 aliphatic heterocycles. The van der Waals surface area contributed by atoms with E-state index >= 15 is 0 Å². The van der Waals surface area contributed by atoms with Gasteiger partial charge in [-0.05, 0) is 37.8 Å². The zero-order valence-corrected chi connectivity index (χ0v) is 14.0. The summed E-state index contributed by atoms with van der Waals surface area (Å²) in [6.07, 6.45) is 1.62. The summed E-state index contributed by atoms with van der Waals surface area (Å²) in [5.74, 6) is 0.836. The van der Waals surface area contributed by atoms with Crippen molar-refractivity contribution in [1.29, 1.82) is 0 Å². The summed E-state index contributed by atoms with van der Waals surface area (Å²) < 4.78 is 5.13. The molecule has 1 aromatic carbocycles. The number of hydrogen-bond donors (Lipinski definition) is 3. The summed E-state index contributed by atoms with van der Waals surface area (Å²) in [6, 6.07) is 7.21. The van der Waals surface area contributed by atoms with Crippen LogP contribution < -0.4 is 10.6 Å². The van der Waals surface area contributed by atoms with Gasteiger partial charge in [-0.3, -0.25) is 0 Å². The number of aliphatic hydroxyl groups excluding tert-OH is 1.